The summed E-state index contributed by atoms with van der Waals surface area (Å²) >= 11 is 3.60. The Morgan fingerprint density at radius 3 is 2.56 bits per heavy atom. The van der Waals surface area contributed by atoms with E-state index < -0.39 is 0 Å². The Bertz CT molecular complexity index is 417. The Hall–Kier alpha value is -0.515. The third-order valence-corrected chi connectivity index (χ3v) is 3.61. The third kappa shape index (κ3) is 2.90. The summed E-state index contributed by atoms with van der Waals surface area (Å²) in [4.78, 5) is 0. The van der Waals surface area contributed by atoms with E-state index in [0.29, 0.717) is 25.7 Å². The van der Waals surface area contributed by atoms with Crippen molar-refractivity contribution in [2.75, 3.05) is 19.8 Å². The van der Waals surface area contributed by atoms with Gasteiger partial charge in [0.2, 0.25) is 0 Å². The maximum Gasteiger partial charge on any atom is 0.497 e. The molecule has 1 aromatic rings. The van der Waals surface area contributed by atoms with Crippen molar-refractivity contribution in [2.24, 2.45) is 0 Å². The lowest BCUT2D eigenvalue weighted by atomic mass is 9.77. The molecule has 18 heavy (non-hydrogen) atoms. The van der Waals surface area contributed by atoms with E-state index in [9.17, 15) is 0 Å². The molecule has 0 unspecified atom stereocenters. The zero-order valence-corrected chi connectivity index (χ0v) is 12.6. The molecule has 1 aliphatic heterocycles. The van der Waals surface area contributed by atoms with Crippen LogP contribution in [0.2, 0.25) is 0 Å². The molecule has 5 heteroatoms. The van der Waals surface area contributed by atoms with Crippen molar-refractivity contribution in [1.82, 2.24) is 0 Å². The first-order chi connectivity index (χ1) is 8.63. The summed E-state index contributed by atoms with van der Waals surface area (Å²) in [7, 11) is -0.294. The van der Waals surface area contributed by atoms with Gasteiger partial charge in [-0.15, -0.1) is 0 Å². The Balaban J connectivity index is 2.41. The summed E-state index contributed by atoms with van der Waals surface area (Å²) in [6, 6.07) is 4.13. The highest BCUT2D eigenvalue weighted by molar-refractivity contribution is 9.10. The van der Waals surface area contributed by atoms with Crippen LogP contribution in [-0.4, -0.2) is 26.9 Å². The summed E-state index contributed by atoms with van der Waals surface area (Å²) < 4.78 is 17.9. The van der Waals surface area contributed by atoms with E-state index in [-0.39, 0.29) is 7.12 Å². The highest BCUT2D eigenvalue weighted by Gasteiger charge is 2.30. The molecule has 3 nitrogen and oxygen atoms in total. The quantitative estimate of drug-likeness (QED) is 0.800. The van der Waals surface area contributed by atoms with E-state index in [0.717, 1.165) is 15.7 Å². The molecular weight excluding hydrogens is 295 g/mol. The molecule has 0 saturated carbocycles. The van der Waals surface area contributed by atoms with Crippen LogP contribution < -0.4 is 10.2 Å². The van der Waals surface area contributed by atoms with Crippen LogP contribution in [0.3, 0.4) is 0 Å². The van der Waals surface area contributed by atoms with Gasteiger partial charge in [-0.25, -0.2) is 0 Å². The van der Waals surface area contributed by atoms with Crippen LogP contribution in [-0.2, 0) is 9.31 Å². The zero-order chi connectivity index (χ0) is 13.1. The predicted molar refractivity (Wildman–Crippen MR) is 76.7 cm³/mol. The number of rotatable bonds is 4. The van der Waals surface area contributed by atoms with Gasteiger partial charge in [-0.3, -0.25) is 0 Å². The summed E-state index contributed by atoms with van der Waals surface area (Å²) in [5.41, 5.74) is 2.23. The number of ether oxygens (including phenoxy) is 1. The fraction of sp³-hybridized carbons (Fsp3) is 0.538. The zero-order valence-electron chi connectivity index (χ0n) is 11.0. The molecule has 0 atom stereocenters. The standard InChI is InChI=1S/C13H18BBrO3/c1-4-16-13-8-12(15)10(9(2)3)7-11(13)14-17-5-6-18-14/h7-9H,4-6H2,1-3H3. The first-order valence-electron chi connectivity index (χ1n) is 6.32. The fourth-order valence-corrected chi connectivity index (χ4v) is 2.81. The third-order valence-electron chi connectivity index (χ3n) is 2.93. The SMILES string of the molecule is CCOc1cc(Br)c(C(C)C)cc1B1OCCO1. The first-order valence-corrected chi connectivity index (χ1v) is 7.12. The highest BCUT2D eigenvalue weighted by Crippen LogP contribution is 2.28. The lowest BCUT2D eigenvalue weighted by Gasteiger charge is -2.17. The lowest BCUT2D eigenvalue weighted by molar-refractivity contribution is 0.338. The molecule has 1 heterocycles. The van der Waals surface area contributed by atoms with Gasteiger partial charge < -0.3 is 14.0 Å². The largest absolute Gasteiger partial charge is 0.497 e. The maximum absolute atomic E-state index is 5.67. The van der Waals surface area contributed by atoms with Crippen LogP contribution in [0.5, 0.6) is 5.75 Å². The van der Waals surface area contributed by atoms with Crippen molar-refractivity contribution in [3.63, 3.8) is 0 Å². The molecule has 0 radical (unpaired) electrons. The van der Waals surface area contributed by atoms with Crippen LogP contribution in [0, 0.1) is 0 Å². The van der Waals surface area contributed by atoms with Crippen LogP contribution in [0.25, 0.3) is 0 Å². The van der Waals surface area contributed by atoms with Gasteiger partial charge in [-0.05, 0) is 24.5 Å². The molecule has 1 aromatic carbocycles. The van der Waals surface area contributed by atoms with Gasteiger partial charge in [0.05, 0.1) is 19.8 Å². The molecule has 0 spiro atoms. The maximum atomic E-state index is 5.67. The smallest absolute Gasteiger partial charge is 0.494 e. The second-order valence-corrected chi connectivity index (χ2v) is 5.43. The molecule has 0 bridgehead atoms. The summed E-state index contributed by atoms with van der Waals surface area (Å²) in [6.45, 7) is 8.23. The van der Waals surface area contributed by atoms with Gasteiger partial charge in [-0.2, -0.15) is 0 Å². The number of benzene rings is 1. The van der Waals surface area contributed by atoms with Crippen LogP contribution in [0.15, 0.2) is 16.6 Å². The van der Waals surface area contributed by atoms with Crippen molar-refractivity contribution in [3.8, 4) is 5.75 Å². The van der Waals surface area contributed by atoms with E-state index >= 15 is 0 Å². The minimum Gasteiger partial charge on any atom is -0.494 e. The average Bonchev–Trinajstić information content (AvgIpc) is 2.82. The molecule has 0 aliphatic carbocycles. The minimum absolute atomic E-state index is 0.294. The molecule has 0 aromatic heterocycles. The van der Waals surface area contributed by atoms with E-state index in [1.807, 2.05) is 13.0 Å². The van der Waals surface area contributed by atoms with Crippen molar-refractivity contribution in [2.45, 2.75) is 26.7 Å². The topological polar surface area (TPSA) is 27.7 Å². The van der Waals surface area contributed by atoms with Gasteiger partial charge in [0.1, 0.15) is 5.75 Å². The van der Waals surface area contributed by atoms with Crippen molar-refractivity contribution >= 4 is 28.5 Å². The van der Waals surface area contributed by atoms with Gasteiger partial charge in [0.25, 0.3) is 0 Å². The van der Waals surface area contributed by atoms with Gasteiger partial charge >= 0.3 is 7.12 Å². The van der Waals surface area contributed by atoms with Crippen LogP contribution >= 0.6 is 15.9 Å². The second-order valence-electron chi connectivity index (χ2n) is 4.57. The second kappa shape index (κ2) is 6.09. The molecule has 0 amide bonds. The van der Waals surface area contributed by atoms with E-state index in [1.54, 1.807) is 0 Å². The van der Waals surface area contributed by atoms with Crippen LogP contribution in [0.1, 0.15) is 32.3 Å². The monoisotopic (exact) mass is 312 g/mol. The van der Waals surface area contributed by atoms with Crippen molar-refractivity contribution in [1.29, 1.82) is 0 Å². The number of halogens is 1. The van der Waals surface area contributed by atoms with Crippen LogP contribution in [0.4, 0.5) is 0 Å². The number of hydrogen-bond donors (Lipinski definition) is 0. The lowest BCUT2D eigenvalue weighted by Crippen LogP contribution is -2.33. The molecular formula is C13H18BBrO3. The van der Waals surface area contributed by atoms with Crippen molar-refractivity contribution in [3.05, 3.63) is 22.2 Å². The Morgan fingerprint density at radius 2 is 2.00 bits per heavy atom. The first kappa shape index (κ1) is 13.9. The fourth-order valence-electron chi connectivity index (χ4n) is 2.03. The predicted octanol–water partition coefficient (Wildman–Crippen LogP) is 2.71. The summed E-state index contributed by atoms with van der Waals surface area (Å²) in [6.07, 6.45) is 0. The van der Waals surface area contributed by atoms with Gasteiger partial charge in [0, 0.05) is 9.94 Å². The highest BCUT2D eigenvalue weighted by atomic mass is 79.9. The van der Waals surface area contributed by atoms with E-state index in [2.05, 4.69) is 35.8 Å². The Morgan fingerprint density at radius 1 is 1.33 bits per heavy atom. The molecule has 1 saturated heterocycles. The molecule has 2 rings (SSSR count). The van der Waals surface area contributed by atoms with Gasteiger partial charge in [-0.1, -0.05) is 35.8 Å². The summed E-state index contributed by atoms with van der Waals surface area (Å²) in [5, 5.41) is 0. The molecule has 98 valence electrons. The molecule has 1 aliphatic rings. The average molecular weight is 313 g/mol. The Kier molecular flexibility index (Phi) is 4.70. The van der Waals surface area contributed by atoms with Crippen molar-refractivity contribution < 1.29 is 14.0 Å². The normalized spacial score (nSPS) is 15.5. The molecule has 1 fully saturated rings. The number of hydrogen-bond acceptors (Lipinski definition) is 3. The minimum atomic E-state index is -0.294. The summed E-state index contributed by atoms with van der Waals surface area (Å²) in [5.74, 6) is 1.27. The Labute approximate surface area is 117 Å². The molecule has 0 N–H and O–H groups in total. The van der Waals surface area contributed by atoms with E-state index in [4.69, 9.17) is 14.0 Å². The van der Waals surface area contributed by atoms with E-state index in [1.165, 1.54) is 5.56 Å². The van der Waals surface area contributed by atoms with Gasteiger partial charge in [0.15, 0.2) is 0 Å².